The number of hydrogen-bond donors (Lipinski definition) is 3. The van der Waals surface area contributed by atoms with Gasteiger partial charge in [-0.05, 0) is 37.1 Å². The van der Waals surface area contributed by atoms with Gasteiger partial charge in [-0.1, -0.05) is 0 Å². The smallest absolute Gasteiger partial charge is 0.319 e. The topological polar surface area (TPSA) is 126 Å². The van der Waals surface area contributed by atoms with Crippen molar-refractivity contribution in [3.05, 3.63) is 36.0 Å². The number of benzene rings is 1. The van der Waals surface area contributed by atoms with Gasteiger partial charge in [0.1, 0.15) is 11.2 Å². The van der Waals surface area contributed by atoms with E-state index in [0.717, 1.165) is 11.4 Å². The maximum absolute atomic E-state index is 12.5. The van der Waals surface area contributed by atoms with Gasteiger partial charge in [0.25, 0.3) is 0 Å². The third-order valence-corrected chi connectivity index (χ3v) is 5.66. The van der Waals surface area contributed by atoms with E-state index in [0.29, 0.717) is 56.4 Å². The Morgan fingerprint density at radius 1 is 1.19 bits per heavy atom. The zero-order chi connectivity index (χ0) is 22.6. The maximum atomic E-state index is 12.5. The lowest BCUT2D eigenvalue weighted by molar-refractivity contribution is -0.143. The first kappa shape index (κ1) is 22.0. The number of aromatic nitrogens is 2. The van der Waals surface area contributed by atoms with E-state index in [-0.39, 0.29) is 19.1 Å². The first-order valence-electron chi connectivity index (χ1n) is 10.6. The van der Waals surface area contributed by atoms with E-state index in [1.165, 1.54) is 7.11 Å². The molecule has 0 bridgehead atoms. The lowest BCUT2D eigenvalue weighted by Gasteiger charge is -2.28. The van der Waals surface area contributed by atoms with Gasteiger partial charge >= 0.3 is 12.0 Å². The molecule has 1 aromatic carbocycles. The minimum absolute atomic E-state index is 0.126. The largest absolute Gasteiger partial charge is 0.468 e. The molecular weight excluding hydrogens is 414 g/mol. The molecule has 10 nitrogen and oxygen atoms in total. The number of nitrogens with zero attached hydrogens (tertiary/aromatic N) is 3. The van der Waals surface area contributed by atoms with Gasteiger partial charge in [-0.25, -0.2) is 14.8 Å². The molecular formula is C22H27N5O5. The molecule has 4 rings (SSSR count). The summed E-state index contributed by atoms with van der Waals surface area (Å²) in [5.74, 6) is 0.994. The minimum Gasteiger partial charge on any atom is -0.468 e. The fourth-order valence-corrected chi connectivity index (χ4v) is 3.70. The monoisotopic (exact) mass is 441 g/mol. The molecule has 2 aromatic rings. The van der Waals surface area contributed by atoms with Crippen LogP contribution in [0.3, 0.4) is 0 Å². The number of methoxy groups -OCH3 is 1. The molecule has 2 amide bonds. The zero-order valence-electron chi connectivity index (χ0n) is 18.0. The summed E-state index contributed by atoms with van der Waals surface area (Å²) in [6, 6.07) is 8.65. The second-order valence-corrected chi connectivity index (χ2v) is 7.79. The van der Waals surface area contributed by atoms with Gasteiger partial charge in [-0.3, -0.25) is 4.79 Å². The molecule has 0 unspecified atom stereocenters. The SMILES string of the molecule is COC(=O)C1(c2cc(N3CCOCC3)nc(-c3ccc(NC(=O)NCCO)cc3)n2)CC1. The number of anilines is 2. The molecule has 3 N–H and O–H groups in total. The first-order valence-corrected chi connectivity index (χ1v) is 10.6. The molecule has 10 heteroatoms. The number of rotatable bonds is 7. The molecule has 0 radical (unpaired) electrons. The van der Waals surface area contributed by atoms with Crippen LogP contribution in [0.1, 0.15) is 18.5 Å². The fourth-order valence-electron chi connectivity index (χ4n) is 3.70. The van der Waals surface area contributed by atoms with Crippen molar-refractivity contribution < 1.29 is 24.2 Å². The Bertz CT molecular complexity index is 971. The summed E-state index contributed by atoms with van der Waals surface area (Å²) >= 11 is 0. The number of nitrogens with one attached hydrogen (secondary N) is 2. The highest BCUT2D eigenvalue weighted by Crippen LogP contribution is 2.49. The van der Waals surface area contributed by atoms with Crippen molar-refractivity contribution in [3.8, 4) is 11.4 Å². The maximum Gasteiger partial charge on any atom is 0.319 e. The summed E-state index contributed by atoms with van der Waals surface area (Å²) in [6.07, 6.45) is 1.40. The van der Waals surface area contributed by atoms with E-state index in [2.05, 4.69) is 15.5 Å². The number of urea groups is 1. The summed E-state index contributed by atoms with van der Waals surface area (Å²) in [5, 5.41) is 14.0. The summed E-state index contributed by atoms with van der Waals surface area (Å²) in [6.45, 7) is 2.72. The van der Waals surface area contributed by atoms with Gasteiger partial charge in [-0.2, -0.15) is 0 Å². The summed E-state index contributed by atoms with van der Waals surface area (Å²) in [5.41, 5.74) is 1.33. The second-order valence-electron chi connectivity index (χ2n) is 7.79. The number of ether oxygens (including phenoxy) is 2. The van der Waals surface area contributed by atoms with Gasteiger partial charge in [0.05, 0.1) is 32.6 Å². The molecule has 1 aliphatic heterocycles. The van der Waals surface area contributed by atoms with Crippen LogP contribution in [-0.4, -0.2) is 73.6 Å². The molecule has 2 aliphatic rings. The van der Waals surface area contributed by atoms with Gasteiger partial charge in [-0.15, -0.1) is 0 Å². The predicted octanol–water partition coefficient (Wildman–Crippen LogP) is 1.30. The van der Waals surface area contributed by atoms with Crippen molar-refractivity contribution in [2.75, 3.05) is 56.8 Å². The van der Waals surface area contributed by atoms with Crippen LogP contribution >= 0.6 is 0 Å². The highest BCUT2D eigenvalue weighted by Gasteiger charge is 2.54. The number of hydrogen-bond acceptors (Lipinski definition) is 8. The van der Waals surface area contributed by atoms with Crippen molar-refractivity contribution in [2.24, 2.45) is 0 Å². The molecule has 32 heavy (non-hydrogen) atoms. The molecule has 1 aromatic heterocycles. The lowest BCUT2D eigenvalue weighted by atomic mass is 10.0. The van der Waals surface area contributed by atoms with Crippen molar-refractivity contribution in [2.45, 2.75) is 18.3 Å². The quantitative estimate of drug-likeness (QED) is 0.549. The summed E-state index contributed by atoms with van der Waals surface area (Å²) < 4.78 is 10.5. The summed E-state index contributed by atoms with van der Waals surface area (Å²) in [4.78, 5) is 35.9. The highest BCUT2D eigenvalue weighted by molar-refractivity contribution is 5.89. The van der Waals surface area contributed by atoms with E-state index in [4.69, 9.17) is 24.5 Å². The molecule has 0 spiro atoms. The second kappa shape index (κ2) is 9.49. The number of carbonyl (C=O) groups excluding carboxylic acids is 2. The Morgan fingerprint density at radius 3 is 2.53 bits per heavy atom. The Hall–Kier alpha value is -3.24. The van der Waals surface area contributed by atoms with Crippen molar-refractivity contribution >= 4 is 23.5 Å². The lowest BCUT2D eigenvalue weighted by Crippen LogP contribution is -2.37. The van der Waals surface area contributed by atoms with E-state index in [1.54, 1.807) is 12.1 Å². The average Bonchev–Trinajstić information content (AvgIpc) is 3.65. The van der Waals surface area contributed by atoms with Crippen LogP contribution in [0, 0.1) is 0 Å². The van der Waals surface area contributed by atoms with Crippen LogP contribution in [0.4, 0.5) is 16.3 Å². The highest BCUT2D eigenvalue weighted by atomic mass is 16.5. The average molecular weight is 441 g/mol. The zero-order valence-corrected chi connectivity index (χ0v) is 18.0. The third kappa shape index (κ3) is 4.66. The van der Waals surface area contributed by atoms with Crippen molar-refractivity contribution in [1.82, 2.24) is 15.3 Å². The van der Waals surface area contributed by atoms with Crippen LogP contribution < -0.4 is 15.5 Å². The number of morpholine rings is 1. The molecule has 1 aliphatic carbocycles. The van der Waals surface area contributed by atoms with Gasteiger partial charge < -0.3 is 30.1 Å². The molecule has 1 saturated heterocycles. The van der Waals surface area contributed by atoms with Gasteiger partial charge in [0, 0.05) is 37.0 Å². The first-order chi connectivity index (χ1) is 15.6. The number of esters is 1. The van der Waals surface area contributed by atoms with Crippen molar-refractivity contribution in [3.63, 3.8) is 0 Å². The van der Waals surface area contributed by atoms with Crippen LogP contribution in [-0.2, 0) is 19.7 Å². The van der Waals surface area contributed by atoms with E-state index in [9.17, 15) is 9.59 Å². The third-order valence-electron chi connectivity index (χ3n) is 5.66. The van der Waals surface area contributed by atoms with Crippen LogP contribution in [0.5, 0.6) is 0 Å². The van der Waals surface area contributed by atoms with E-state index in [1.807, 2.05) is 18.2 Å². The van der Waals surface area contributed by atoms with Gasteiger partial charge in [0.2, 0.25) is 0 Å². The normalized spacial score (nSPS) is 16.9. The van der Waals surface area contributed by atoms with Crippen LogP contribution in [0.25, 0.3) is 11.4 Å². The van der Waals surface area contributed by atoms with Gasteiger partial charge in [0.15, 0.2) is 5.82 Å². The van der Waals surface area contributed by atoms with Crippen molar-refractivity contribution in [1.29, 1.82) is 0 Å². The van der Waals surface area contributed by atoms with E-state index < -0.39 is 11.4 Å². The van der Waals surface area contributed by atoms with Crippen LogP contribution in [0.2, 0.25) is 0 Å². The fraction of sp³-hybridized carbons (Fsp3) is 0.455. The Balaban J connectivity index is 1.63. The standard InChI is InChI=1S/C22H27N5O5/c1-31-20(29)22(6-7-22)17-14-18(27-9-12-32-13-10-27)26-19(25-17)15-2-4-16(5-3-15)24-21(30)23-8-11-28/h2-5,14,28H,6-13H2,1H3,(H2,23,24,30). The predicted molar refractivity (Wildman–Crippen MR) is 118 cm³/mol. The molecule has 1 saturated carbocycles. The molecule has 170 valence electrons. The minimum atomic E-state index is -0.709. The number of aliphatic hydroxyl groups excluding tert-OH is 1. The molecule has 2 heterocycles. The Morgan fingerprint density at radius 2 is 1.91 bits per heavy atom. The number of amides is 2. The van der Waals surface area contributed by atoms with E-state index >= 15 is 0 Å². The Kier molecular flexibility index (Phi) is 6.52. The molecule has 2 fully saturated rings. The van der Waals surface area contributed by atoms with Crippen LogP contribution in [0.15, 0.2) is 30.3 Å². The Labute approximate surface area is 185 Å². The number of carbonyl (C=O) groups is 2. The molecule has 0 atom stereocenters. The number of aliphatic hydroxyl groups is 1. The summed E-state index contributed by atoms with van der Waals surface area (Å²) in [7, 11) is 1.40.